The van der Waals surface area contributed by atoms with Gasteiger partial charge in [0.2, 0.25) is 0 Å². The second-order valence-corrected chi connectivity index (χ2v) is 8.07. The number of hydrogen-bond acceptors (Lipinski definition) is 0. The summed E-state index contributed by atoms with van der Waals surface area (Å²) in [6.07, 6.45) is 5.39. The Morgan fingerprint density at radius 3 is 1.74 bits per heavy atom. The second-order valence-electron chi connectivity index (χ2n) is 8.07. The fraction of sp³-hybridized carbons (Fsp3) is 1.00. The van der Waals surface area contributed by atoms with E-state index in [9.17, 15) is 0 Å². The van der Waals surface area contributed by atoms with Gasteiger partial charge in [0, 0.05) is 0 Å². The maximum atomic E-state index is 2.49. The molecular formula is C19H40. The lowest BCUT2D eigenvalue weighted by Gasteiger charge is -2.35. The maximum Gasteiger partial charge on any atom is -0.0357 e. The molecule has 0 heterocycles. The van der Waals surface area contributed by atoms with Gasteiger partial charge >= 0.3 is 0 Å². The zero-order valence-corrected chi connectivity index (χ0v) is 15.2. The van der Waals surface area contributed by atoms with Gasteiger partial charge in [0.15, 0.2) is 0 Å². The fourth-order valence-electron chi connectivity index (χ4n) is 3.42. The smallest absolute Gasteiger partial charge is 0.0357 e. The topological polar surface area (TPSA) is 0 Å². The quantitative estimate of drug-likeness (QED) is 0.431. The molecule has 0 nitrogen and oxygen atoms in total. The maximum absolute atomic E-state index is 2.49. The van der Waals surface area contributed by atoms with E-state index in [1.165, 1.54) is 25.7 Å². The molecule has 0 aromatic heterocycles. The Labute approximate surface area is 123 Å². The minimum absolute atomic E-state index is 0.527. The van der Waals surface area contributed by atoms with Gasteiger partial charge in [-0.25, -0.2) is 0 Å². The normalized spacial score (nSPS) is 19.3. The van der Waals surface area contributed by atoms with Crippen LogP contribution < -0.4 is 0 Å². The molecule has 19 heavy (non-hydrogen) atoms. The molecule has 0 heteroatoms. The summed E-state index contributed by atoms with van der Waals surface area (Å²) in [5.74, 6) is 4.26. The molecule has 0 amide bonds. The molecule has 0 aliphatic heterocycles. The van der Waals surface area contributed by atoms with Crippen LogP contribution in [0.15, 0.2) is 0 Å². The highest BCUT2D eigenvalue weighted by Gasteiger charge is 2.28. The summed E-state index contributed by atoms with van der Waals surface area (Å²) in [5.41, 5.74) is 0.527. The largest absolute Gasteiger partial charge is 0.0651 e. The van der Waals surface area contributed by atoms with E-state index in [-0.39, 0.29) is 0 Å². The molecular weight excluding hydrogens is 228 g/mol. The van der Waals surface area contributed by atoms with Gasteiger partial charge in [0.25, 0.3) is 0 Å². The SMILES string of the molecule is CCC(C(C)C)C(C)C(C)C(C)CCC(C)(C)CC. The minimum atomic E-state index is 0.527. The lowest BCUT2D eigenvalue weighted by molar-refractivity contribution is 0.143. The lowest BCUT2D eigenvalue weighted by Crippen LogP contribution is -2.27. The van der Waals surface area contributed by atoms with Crippen LogP contribution in [0.25, 0.3) is 0 Å². The van der Waals surface area contributed by atoms with Crippen LogP contribution in [0.4, 0.5) is 0 Å². The van der Waals surface area contributed by atoms with Crippen LogP contribution >= 0.6 is 0 Å². The summed E-state index contributed by atoms with van der Waals surface area (Å²) in [4.78, 5) is 0. The first-order valence-corrected chi connectivity index (χ1v) is 8.66. The van der Waals surface area contributed by atoms with E-state index in [4.69, 9.17) is 0 Å². The van der Waals surface area contributed by atoms with Gasteiger partial charge in [-0.2, -0.15) is 0 Å². The molecule has 0 aromatic rings. The molecule has 4 atom stereocenters. The first-order chi connectivity index (χ1) is 8.66. The molecule has 0 saturated carbocycles. The third kappa shape index (κ3) is 6.32. The number of rotatable bonds is 9. The first kappa shape index (κ1) is 19.0. The summed E-state index contributed by atoms with van der Waals surface area (Å²) in [7, 11) is 0. The highest BCUT2D eigenvalue weighted by Crippen LogP contribution is 2.37. The second kappa shape index (κ2) is 8.32. The van der Waals surface area contributed by atoms with Crippen molar-refractivity contribution in [2.45, 2.75) is 88.0 Å². The first-order valence-electron chi connectivity index (χ1n) is 8.66. The van der Waals surface area contributed by atoms with Crippen molar-refractivity contribution < 1.29 is 0 Å². The van der Waals surface area contributed by atoms with Gasteiger partial charge in [-0.1, -0.05) is 75.2 Å². The van der Waals surface area contributed by atoms with Crippen LogP contribution in [0.1, 0.15) is 88.0 Å². The van der Waals surface area contributed by atoms with Crippen LogP contribution in [0.5, 0.6) is 0 Å². The molecule has 116 valence electrons. The van der Waals surface area contributed by atoms with Crippen LogP contribution in [0.3, 0.4) is 0 Å². The lowest BCUT2D eigenvalue weighted by atomic mass is 9.70. The van der Waals surface area contributed by atoms with Gasteiger partial charge in [0.05, 0.1) is 0 Å². The van der Waals surface area contributed by atoms with Crippen molar-refractivity contribution in [3.05, 3.63) is 0 Å². The predicted octanol–water partition coefficient (Wildman–Crippen LogP) is 6.79. The van der Waals surface area contributed by atoms with E-state index in [0.29, 0.717) is 5.41 Å². The molecule has 0 rings (SSSR count). The molecule has 0 saturated heterocycles. The highest BCUT2D eigenvalue weighted by atomic mass is 14.3. The number of hydrogen-bond donors (Lipinski definition) is 0. The van der Waals surface area contributed by atoms with E-state index in [1.54, 1.807) is 0 Å². The summed E-state index contributed by atoms with van der Waals surface area (Å²) in [6, 6.07) is 0. The molecule has 4 unspecified atom stereocenters. The van der Waals surface area contributed by atoms with Gasteiger partial charge in [0.1, 0.15) is 0 Å². The Balaban J connectivity index is 4.43. The van der Waals surface area contributed by atoms with E-state index in [1.807, 2.05) is 0 Å². The van der Waals surface area contributed by atoms with E-state index in [2.05, 4.69) is 62.3 Å². The van der Waals surface area contributed by atoms with Crippen LogP contribution in [0.2, 0.25) is 0 Å². The Kier molecular flexibility index (Phi) is 8.32. The van der Waals surface area contributed by atoms with E-state index in [0.717, 1.165) is 29.6 Å². The Morgan fingerprint density at radius 1 is 0.842 bits per heavy atom. The molecule has 0 N–H and O–H groups in total. The van der Waals surface area contributed by atoms with Crippen molar-refractivity contribution in [1.82, 2.24) is 0 Å². The van der Waals surface area contributed by atoms with Crippen molar-refractivity contribution in [2.75, 3.05) is 0 Å². The summed E-state index contributed by atoms with van der Waals surface area (Å²) < 4.78 is 0. The van der Waals surface area contributed by atoms with Crippen LogP contribution in [-0.2, 0) is 0 Å². The average molecular weight is 269 g/mol. The van der Waals surface area contributed by atoms with Gasteiger partial charge in [-0.3, -0.25) is 0 Å². The summed E-state index contributed by atoms with van der Waals surface area (Å²) in [5, 5.41) is 0. The van der Waals surface area contributed by atoms with Crippen molar-refractivity contribution in [3.63, 3.8) is 0 Å². The minimum Gasteiger partial charge on any atom is -0.0651 e. The summed E-state index contributed by atoms with van der Waals surface area (Å²) >= 11 is 0. The zero-order valence-electron chi connectivity index (χ0n) is 15.2. The van der Waals surface area contributed by atoms with Gasteiger partial charge in [-0.15, -0.1) is 0 Å². The average Bonchev–Trinajstić information content (AvgIpc) is 2.35. The van der Waals surface area contributed by atoms with Gasteiger partial charge in [-0.05, 0) is 47.8 Å². The predicted molar refractivity (Wildman–Crippen MR) is 89.4 cm³/mol. The highest BCUT2D eigenvalue weighted by molar-refractivity contribution is 4.78. The fourth-order valence-corrected chi connectivity index (χ4v) is 3.42. The monoisotopic (exact) mass is 268 g/mol. The Morgan fingerprint density at radius 2 is 1.37 bits per heavy atom. The van der Waals surface area contributed by atoms with Crippen molar-refractivity contribution in [2.24, 2.45) is 35.0 Å². The molecule has 0 bridgehead atoms. The summed E-state index contributed by atoms with van der Waals surface area (Å²) in [6.45, 7) is 21.7. The van der Waals surface area contributed by atoms with Crippen molar-refractivity contribution in [3.8, 4) is 0 Å². The van der Waals surface area contributed by atoms with Crippen LogP contribution in [0, 0.1) is 35.0 Å². The standard InChI is InChI=1S/C19H40/c1-10-18(14(3)4)17(7)16(6)15(5)12-13-19(8,9)11-2/h14-18H,10-13H2,1-9H3. The molecule has 0 radical (unpaired) electrons. The van der Waals surface area contributed by atoms with Gasteiger partial charge < -0.3 is 0 Å². The van der Waals surface area contributed by atoms with Crippen molar-refractivity contribution in [1.29, 1.82) is 0 Å². The molecule has 0 aromatic carbocycles. The molecule has 0 aliphatic carbocycles. The molecule has 0 aliphatic rings. The third-order valence-electron chi connectivity index (χ3n) is 5.96. The molecule has 0 fully saturated rings. The Bertz CT molecular complexity index is 226. The van der Waals surface area contributed by atoms with E-state index < -0.39 is 0 Å². The third-order valence-corrected chi connectivity index (χ3v) is 5.96. The zero-order chi connectivity index (χ0) is 15.2. The van der Waals surface area contributed by atoms with Crippen molar-refractivity contribution >= 4 is 0 Å². The Hall–Kier alpha value is 0. The molecule has 0 spiro atoms. The van der Waals surface area contributed by atoms with E-state index >= 15 is 0 Å². The van der Waals surface area contributed by atoms with Crippen LogP contribution in [-0.4, -0.2) is 0 Å².